The first-order chi connectivity index (χ1) is 14.0. The average Bonchev–Trinajstić information content (AvgIpc) is 3.35. The molecule has 2 aromatic carbocycles. The number of carbonyl (C=O) groups is 2. The number of nitrogens with zero attached hydrogens (tertiary/aromatic N) is 2. The van der Waals surface area contributed by atoms with E-state index in [1.165, 1.54) is 16.3 Å². The quantitative estimate of drug-likeness (QED) is 0.288. The smallest absolute Gasteiger partial charge is 0.353 e. The Labute approximate surface area is 180 Å². The van der Waals surface area contributed by atoms with Crippen molar-refractivity contribution < 1.29 is 14.3 Å². The van der Waals surface area contributed by atoms with Crippen LogP contribution in [0.25, 0.3) is 6.08 Å². The van der Waals surface area contributed by atoms with E-state index in [0.29, 0.717) is 27.6 Å². The van der Waals surface area contributed by atoms with Crippen LogP contribution in [0.15, 0.2) is 81.2 Å². The number of rotatable bonds is 4. The topological polar surface area (TPSA) is 59.0 Å². The van der Waals surface area contributed by atoms with Gasteiger partial charge < -0.3 is 4.74 Å². The van der Waals surface area contributed by atoms with Gasteiger partial charge in [0.25, 0.3) is 5.91 Å². The highest BCUT2D eigenvalue weighted by atomic mass is 79.9. The average molecular weight is 467 g/mol. The number of hydrazone groups is 1. The molecular weight excluding hydrogens is 452 g/mol. The van der Waals surface area contributed by atoms with Crippen LogP contribution in [0, 0.1) is 0 Å². The lowest BCUT2D eigenvalue weighted by Crippen LogP contribution is -2.21. The Bertz CT molecular complexity index is 1120. The molecule has 1 aromatic heterocycles. The second-order valence-corrected chi connectivity index (χ2v) is 8.14. The lowest BCUT2D eigenvalue weighted by Gasteiger charge is -2.11. The van der Waals surface area contributed by atoms with E-state index in [-0.39, 0.29) is 11.9 Å². The fraction of sp³-hybridized carbons (Fsp3) is 0.0455. The zero-order valence-electron chi connectivity index (χ0n) is 15.3. The zero-order chi connectivity index (χ0) is 20.4. The molecule has 1 aliphatic rings. The molecule has 0 atom stereocenters. The monoisotopic (exact) mass is 466 g/mol. The SMILES string of the molecule is CC1=NN(c2ccc(Br)cc2)C(=O)/C1=C\c1ccc(OC(=O)c2cccs2)cc1. The van der Waals surface area contributed by atoms with Crippen molar-refractivity contribution in [3.05, 3.63) is 86.5 Å². The van der Waals surface area contributed by atoms with Crippen molar-refractivity contribution in [2.75, 3.05) is 5.01 Å². The lowest BCUT2D eigenvalue weighted by atomic mass is 10.1. The fourth-order valence-corrected chi connectivity index (χ4v) is 3.66. The molecule has 0 radical (unpaired) electrons. The maximum atomic E-state index is 12.8. The van der Waals surface area contributed by atoms with Gasteiger partial charge in [-0.05, 0) is 66.4 Å². The molecule has 0 bridgehead atoms. The standard InChI is InChI=1S/C22H15BrN2O3S/c1-14-19(21(26)25(24-14)17-8-6-16(23)7-9-17)13-15-4-10-18(11-5-15)28-22(27)20-3-2-12-29-20/h2-13H,1H3/b19-13-. The van der Waals surface area contributed by atoms with Gasteiger partial charge in [-0.2, -0.15) is 10.1 Å². The Morgan fingerprint density at radius 2 is 1.83 bits per heavy atom. The van der Waals surface area contributed by atoms with Gasteiger partial charge in [0.1, 0.15) is 10.6 Å². The molecule has 0 saturated heterocycles. The van der Waals surface area contributed by atoms with E-state index in [4.69, 9.17) is 4.74 Å². The van der Waals surface area contributed by atoms with Crippen LogP contribution in [0.4, 0.5) is 5.69 Å². The molecule has 7 heteroatoms. The van der Waals surface area contributed by atoms with Crippen LogP contribution in [-0.4, -0.2) is 17.6 Å². The van der Waals surface area contributed by atoms with Crippen molar-refractivity contribution in [2.45, 2.75) is 6.92 Å². The number of amides is 1. The molecule has 144 valence electrons. The van der Waals surface area contributed by atoms with Crippen LogP contribution in [-0.2, 0) is 4.79 Å². The predicted octanol–water partition coefficient (Wildman–Crippen LogP) is 5.54. The van der Waals surface area contributed by atoms with Crippen molar-refractivity contribution in [1.82, 2.24) is 0 Å². The first kappa shape index (κ1) is 19.3. The van der Waals surface area contributed by atoms with Crippen molar-refractivity contribution in [2.24, 2.45) is 5.10 Å². The largest absolute Gasteiger partial charge is 0.422 e. The summed E-state index contributed by atoms with van der Waals surface area (Å²) in [4.78, 5) is 25.4. The van der Waals surface area contributed by atoms with Gasteiger partial charge in [-0.1, -0.05) is 34.1 Å². The molecule has 5 nitrogen and oxygen atoms in total. The van der Waals surface area contributed by atoms with Gasteiger partial charge in [0.15, 0.2) is 0 Å². The Hall–Kier alpha value is -3.03. The van der Waals surface area contributed by atoms with Crippen molar-refractivity contribution in [1.29, 1.82) is 0 Å². The van der Waals surface area contributed by atoms with Crippen LogP contribution in [0.5, 0.6) is 5.75 Å². The lowest BCUT2D eigenvalue weighted by molar-refractivity contribution is -0.114. The predicted molar refractivity (Wildman–Crippen MR) is 118 cm³/mol. The number of anilines is 1. The van der Waals surface area contributed by atoms with Crippen LogP contribution in [0.1, 0.15) is 22.2 Å². The number of carbonyl (C=O) groups excluding carboxylic acids is 2. The maximum absolute atomic E-state index is 12.8. The van der Waals surface area contributed by atoms with Crippen LogP contribution in [0.3, 0.4) is 0 Å². The van der Waals surface area contributed by atoms with Gasteiger partial charge in [-0.3, -0.25) is 4.79 Å². The zero-order valence-corrected chi connectivity index (χ0v) is 17.7. The molecule has 0 spiro atoms. The Morgan fingerprint density at radius 3 is 2.48 bits per heavy atom. The van der Waals surface area contributed by atoms with Gasteiger partial charge in [-0.25, -0.2) is 4.79 Å². The van der Waals surface area contributed by atoms with Gasteiger partial charge in [0.2, 0.25) is 0 Å². The molecule has 0 N–H and O–H groups in total. The summed E-state index contributed by atoms with van der Waals surface area (Å²) < 4.78 is 6.29. The van der Waals surface area contributed by atoms with E-state index >= 15 is 0 Å². The highest BCUT2D eigenvalue weighted by Gasteiger charge is 2.28. The molecule has 1 aliphatic heterocycles. The van der Waals surface area contributed by atoms with Crippen molar-refractivity contribution in [3.8, 4) is 5.75 Å². The van der Waals surface area contributed by atoms with Gasteiger partial charge >= 0.3 is 5.97 Å². The van der Waals surface area contributed by atoms with Crippen LogP contribution < -0.4 is 9.75 Å². The maximum Gasteiger partial charge on any atom is 0.353 e. The van der Waals surface area contributed by atoms with Gasteiger partial charge in [0.05, 0.1) is 17.0 Å². The molecule has 3 aromatic rings. The summed E-state index contributed by atoms with van der Waals surface area (Å²) >= 11 is 4.72. The third-order valence-corrected chi connectivity index (χ3v) is 5.64. The molecule has 0 unspecified atom stereocenters. The van der Waals surface area contributed by atoms with Crippen molar-refractivity contribution in [3.63, 3.8) is 0 Å². The summed E-state index contributed by atoms with van der Waals surface area (Å²) in [5, 5.41) is 7.60. The number of esters is 1. The highest BCUT2D eigenvalue weighted by molar-refractivity contribution is 9.10. The van der Waals surface area contributed by atoms with E-state index < -0.39 is 0 Å². The number of benzene rings is 2. The number of halogens is 1. The first-order valence-corrected chi connectivity index (χ1v) is 10.4. The summed E-state index contributed by atoms with van der Waals surface area (Å²) in [6, 6.07) is 17.9. The van der Waals surface area contributed by atoms with Crippen LogP contribution >= 0.6 is 27.3 Å². The van der Waals surface area contributed by atoms with E-state index in [1.54, 1.807) is 49.4 Å². The van der Waals surface area contributed by atoms with E-state index in [2.05, 4.69) is 21.0 Å². The molecule has 2 heterocycles. The third-order valence-electron chi connectivity index (χ3n) is 4.26. The summed E-state index contributed by atoms with van der Waals surface area (Å²) in [5.41, 5.74) is 2.69. The normalized spacial score (nSPS) is 15.0. The number of ether oxygens (including phenoxy) is 1. The molecular formula is C22H15BrN2O3S. The number of thiophene rings is 1. The van der Waals surface area contributed by atoms with E-state index in [0.717, 1.165) is 10.0 Å². The van der Waals surface area contributed by atoms with Gasteiger partial charge in [0, 0.05) is 4.47 Å². The molecule has 0 saturated carbocycles. The number of hydrogen-bond acceptors (Lipinski definition) is 5. The Morgan fingerprint density at radius 1 is 1.10 bits per heavy atom. The second kappa shape index (κ2) is 8.14. The Balaban J connectivity index is 1.50. The summed E-state index contributed by atoms with van der Waals surface area (Å²) in [5.74, 6) is -0.117. The Kier molecular flexibility index (Phi) is 5.42. The molecule has 4 rings (SSSR count). The molecule has 29 heavy (non-hydrogen) atoms. The molecule has 1 amide bonds. The van der Waals surface area contributed by atoms with Gasteiger partial charge in [-0.15, -0.1) is 11.3 Å². The minimum Gasteiger partial charge on any atom is -0.422 e. The minimum absolute atomic E-state index is 0.182. The third kappa shape index (κ3) is 4.21. The highest BCUT2D eigenvalue weighted by Crippen LogP contribution is 2.26. The summed E-state index contributed by atoms with van der Waals surface area (Å²) in [7, 11) is 0. The fourth-order valence-electron chi connectivity index (χ4n) is 2.79. The van der Waals surface area contributed by atoms with E-state index in [1.807, 2.05) is 29.6 Å². The van der Waals surface area contributed by atoms with E-state index in [9.17, 15) is 9.59 Å². The molecule has 0 fully saturated rings. The summed E-state index contributed by atoms with van der Waals surface area (Å²) in [6.45, 7) is 1.81. The number of hydrogen-bond donors (Lipinski definition) is 0. The summed E-state index contributed by atoms with van der Waals surface area (Å²) in [6.07, 6.45) is 1.78. The van der Waals surface area contributed by atoms with Crippen LogP contribution in [0.2, 0.25) is 0 Å². The minimum atomic E-state index is -0.384. The first-order valence-electron chi connectivity index (χ1n) is 8.74. The van der Waals surface area contributed by atoms with Crippen molar-refractivity contribution >= 4 is 56.6 Å². The molecule has 0 aliphatic carbocycles. The second-order valence-electron chi connectivity index (χ2n) is 6.27.